The molecule has 2 aromatic rings. The maximum atomic E-state index is 10.9. The predicted molar refractivity (Wildman–Crippen MR) is 118 cm³/mol. The number of nitrogens with one attached hydrogen (secondary N) is 2. The highest BCUT2D eigenvalue weighted by Crippen LogP contribution is 2.16. The largest absolute Gasteiger partial charge is 0.484 e. The van der Waals surface area contributed by atoms with Crippen LogP contribution in [0, 0.1) is 5.92 Å². The summed E-state index contributed by atoms with van der Waals surface area (Å²) in [6.07, 6.45) is 1.09. The van der Waals surface area contributed by atoms with E-state index >= 15 is 0 Å². The van der Waals surface area contributed by atoms with E-state index in [9.17, 15) is 4.79 Å². The minimum atomic E-state index is -0.496. The maximum Gasteiger partial charge on any atom is 0.255 e. The molecule has 0 aliphatic heterocycles. The lowest BCUT2D eigenvalue weighted by molar-refractivity contribution is -0.119. The highest BCUT2D eigenvalue weighted by atomic mass is 16.5. The van der Waals surface area contributed by atoms with Gasteiger partial charge in [0.05, 0.1) is 6.04 Å². The van der Waals surface area contributed by atoms with E-state index in [2.05, 4.69) is 60.7 Å². The molecule has 0 aliphatic carbocycles. The number of carbonyl (C=O) groups is 1. The SMILES string of the molecule is CN=C(NCc1cccc(OCC(N)=O)c1)NC(C)c1ccc(CC(C)C)cc1. The van der Waals surface area contributed by atoms with E-state index in [-0.39, 0.29) is 12.6 Å². The number of amides is 1. The number of rotatable bonds is 9. The third kappa shape index (κ3) is 7.86. The highest BCUT2D eigenvalue weighted by molar-refractivity contribution is 5.80. The number of nitrogens with zero attached hydrogens (tertiary/aromatic N) is 1. The number of aliphatic imine (C=N–C) groups is 1. The summed E-state index contributed by atoms with van der Waals surface area (Å²) < 4.78 is 5.35. The summed E-state index contributed by atoms with van der Waals surface area (Å²) in [5, 5.41) is 6.72. The van der Waals surface area contributed by atoms with Crippen molar-refractivity contribution in [3.63, 3.8) is 0 Å². The number of hydrogen-bond acceptors (Lipinski definition) is 3. The van der Waals surface area contributed by atoms with Crippen molar-refractivity contribution in [1.82, 2.24) is 10.6 Å². The summed E-state index contributed by atoms with van der Waals surface area (Å²) in [5.74, 6) is 1.48. The van der Waals surface area contributed by atoms with Crippen LogP contribution < -0.4 is 21.1 Å². The summed E-state index contributed by atoms with van der Waals surface area (Å²) in [6.45, 7) is 7.02. The van der Waals surface area contributed by atoms with Gasteiger partial charge >= 0.3 is 0 Å². The van der Waals surface area contributed by atoms with Crippen LogP contribution in [0.4, 0.5) is 0 Å². The summed E-state index contributed by atoms with van der Waals surface area (Å²) in [6, 6.07) is 16.4. The van der Waals surface area contributed by atoms with E-state index in [4.69, 9.17) is 10.5 Å². The molecule has 1 amide bonds. The lowest BCUT2D eigenvalue weighted by atomic mass is 10.00. The molecule has 4 N–H and O–H groups in total. The van der Waals surface area contributed by atoms with E-state index in [1.807, 2.05) is 18.2 Å². The van der Waals surface area contributed by atoms with Gasteiger partial charge in [0.1, 0.15) is 5.75 Å². The van der Waals surface area contributed by atoms with E-state index in [1.165, 1.54) is 11.1 Å². The molecule has 0 aliphatic rings. The second-order valence-corrected chi connectivity index (χ2v) is 7.53. The Morgan fingerprint density at radius 3 is 2.45 bits per heavy atom. The molecule has 2 rings (SSSR count). The van der Waals surface area contributed by atoms with Crippen molar-refractivity contribution >= 4 is 11.9 Å². The number of primary amides is 1. The summed E-state index contributed by atoms with van der Waals surface area (Å²) in [5.41, 5.74) is 8.70. The fourth-order valence-corrected chi connectivity index (χ4v) is 2.98. The van der Waals surface area contributed by atoms with Gasteiger partial charge in [-0.3, -0.25) is 9.79 Å². The van der Waals surface area contributed by atoms with Gasteiger partial charge in [0, 0.05) is 13.6 Å². The molecule has 1 unspecified atom stereocenters. The fourth-order valence-electron chi connectivity index (χ4n) is 2.98. The number of nitrogens with two attached hydrogens (primary N) is 1. The minimum Gasteiger partial charge on any atom is -0.484 e. The van der Waals surface area contributed by atoms with Gasteiger partial charge in [0.15, 0.2) is 12.6 Å². The van der Waals surface area contributed by atoms with Crippen LogP contribution in [0.25, 0.3) is 0 Å². The molecule has 6 nitrogen and oxygen atoms in total. The highest BCUT2D eigenvalue weighted by Gasteiger charge is 2.09. The van der Waals surface area contributed by atoms with Crippen molar-refractivity contribution in [2.45, 2.75) is 39.8 Å². The summed E-state index contributed by atoms with van der Waals surface area (Å²) >= 11 is 0. The zero-order chi connectivity index (χ0) is 21.2. The van der Waals surface area contributed by atoms with Gasteiger partial charge < -0.3 is 21.1 Å². The topological polar surface area (TPSA) is 88.7 Å². The zero-order valence-corrected chi connectivity index (χ0v) is 17.7. The Hall–Kier alpha value is -3.02. The van der Waals surface area contributed by atoms with E-state index < -0.39 is 5.91 Å². The number of hydrogen-bond donors (Lipinski definition) is 3. The van der Waals surface area contributed by atoms with Crippen molar-refractivity contribution in [3.8, 4) is 5.75 Å². The second kappa shape index (κ2) is 11.1. The number of benzene rings is 2. The van der Waals surface area contributed by atoms with Crippen LogP contribution >= 0.6 is 0 Å². The fraction of sp³-hybridized carbons (Fsp3) is 0.391. The monoisotopic (exact) mass is 396 g/mol. The second-order valence-electron chi connectivity index (χ2n) is 7.53. The smallest absolute Gasteiger partial charge is 0.255 e. The lowest BCUT2D eigenvalue weighted by Crippen LogP contribution is -2.38. The van der Waals surface area contributed by atoms with Crippen molar-refractivity contribution in [3.05, 3.63) is 65.2 Å². The Kier molecular flexibility index (Phi) is 8.52. The third-order valence-electron chi connectivity index (χ3n) is 4.44. The molecule has 2 aromatic carbocycles. The molecule has 0 spiro atoms. The molecule has 6 heteroatoms. The molecule has 29 heavy (non-hydrogen) atoms. The first kappa shape index (κ1) is 22.3. The zero-order valence-electron chi connectivity index (χ0n) is 17.7. The minimum absolute atomic E-state index is 0.125. The van der Waals surface area contributed by atoms with Gasteiger partial charge in [-0.2, -0.15) is 0 Å². The Labute approximate surface area is 173 Å². The van der Waals surface area contributed by atoms with Gasteiger partial charge in [-0.1, -0.05) is 50.2 Å². The average molecular weight is 397 g/mol. The van der Waals surface area contributed by atoms with Crippen molar-refractivity contribution in [1.29, 1.82) is 0 Å². The van der Waals surface area contributed by atoms with Crippen LogP contribution in [0.15, 0.2) is 53.5 Å². The normalized spacial score (nSPS) is 12.5. The van der Waals surface area contributed by atoms with Crippen LogP contribution in [0.5, 0.6) is 5.75 Å². The first-order chi connectivity index (χ1) is 13.9. The maximum absolute atomic E-state index is 10.9. The van der Waals surface area contributed by atoms with Crippen LogP contribution in [0.3, 0.4) is 0 Å². The molecule has 0 fully saturated rings. The number of guanidine groups is 1. The Morgan fingerprint density at radius 1 is 1.10 bits per heavy atom. The Balaban J connectivity index is 1.90. The van der Waals surface area contributed by atoms with Crippen LogP contribution in [0.1, 0.15) is 43.5 Å². The average Bonchev–Trinajstić information content (AvgIpc) is 2.69. The van der Waals surface area contributed by atoms with Crippen molar-refractivity contribution in [2.24, 2.45) is 16.6 Å². The molecule has 1 atom stereocenters. The molecule has 156 valence electrons. The third-order valence-corrected chi connectivity index (χ3v) is 4.44. The van der Waals surface area contributed by atoms with Crippen LogP contribution in [0.2, 0.25) is 0 Å². The number of carbonyl (C=O) groups excluding carboxylic acids is 1. The molecular weight excluding hydrogens is 364 g/mol. The van der Waals surface area contributed by atoms with E-state index in [0.29, 0.717) is 24.2 Å². The molecule has 0 saturated heterocycles. The van der Waals surface area contributed by atoms with Gasteiger partial charge in [-0.05, 0) is 48.1 Å². The quantitative estimate of drug-likeness (QED) is 0.449. The lowest BCUT2D eigenvalue weighted by Gasteiger charge is -2.19. The standard InChI is InChI=1S/C23H32N4O2/c1-16(2)12-18-8-10-20(11-9-18)17(3)27-23(25-4)26-14-19-6-5-7-21(13-19)29-15-22(24)28/h5-11,13,16-17H,12,14-15H2,1-4H3,(H2,24,28)(H2,25,26,27). The first-order valence-electron chi connectivity index (χ1n) is 9.93. The van der Waals surface area contributed by atoms with Gasteiger partial charge in [-0.25, -0.2) is 0 Å². The molecule has 0 heterocycles. The molecule has 0 aromatic heterocycles. The molecule has 0 saturated carbocycles. The number of ether oxygens (including phenoxy) is 1. The van der Waals surface area contributed by atoms with Crippen molar-refractivity contribution in [2.75, 3.05) is 13.7 Å². The summed E-state index contributed by atoms with van der Waals surface area (Å²) in [7, 11) is 1.75. The summed E-state index contributed by atoms with van der Waals surface area (Å²) in [4.78, 5) is 15.2. The Morgan fingerprint density at radius 2 is 1.83 bits per heavy atom. The molecular formula is C23H32N4O2. The van der Waals surface area contributed by atoms with Gasteiger partial charge in [-0.15, -0.1) is 0 Å². The van der Waals surface area contributed by atoms with E-state index in [0.717, 1.165) is 12.0 Å². The predicted octanol–water partition coefficient (Wildman–Crippen LogP) is 3.18. The van der Waals surface area contributed by atoms with Gasteiger partial charge in [0.25, 0.3) is 5.91 Å². The molecule has 0 radical (unpaired) electrons. The molecule has 0 bridgehead atoms. The van der Waals surface area contributed by atoms with Crippen LogP contribution in [-0.4, -0.2) is 25.5 Å². The van der Waals surface area contributed by atoms with Crippen LogP contribution in [-0.2, 0) is 17.8 Å². The Bertz CT molecular complexity index is 816. The van der Waals surface area contributed by atoms with Crippen molar-refractivity contribution < 1.29 is 9.53 Å². The van der Waals surface area contributed by atoms with E-state index in [1.54, 1.807) is 13.1 Å². The van der Waals surface area contributed by atoms with Gasteiger partial charge in [0.2, 0.25) is 0 Å². The first-order valence-corrected chi connectivity index (χ1v) is 9.93.